The van der Waals surface area contributed by atoms with Gasteiger partial charge >= 0.3 is 0 Å². The van der Waals surface area contributed by atoms with Crippen LogP contribution in [0.15, 0.2) is 24.3 Å². The molecule has 110 valence electrons. The molecule has 1 aromatic heterocycles. The molecule has 1 N–H and O–H groups in total. The van der Waals surface area contributed by atoms with Gasteiger partial charge in [0.1, 0.15) is 5.82 Å². The fourth-order valence-corrected chi connectivity index (χ4v) is 2.28. The number of rotatable bonds is 4. The van der Waals surface area contributed by atoms with Gasteiger partial charge in [-0.15, -0.1) is 5.10 Å². The minimum atomic E-state index is -0.301. The molecular weight excluding hydrogens is 271 g/mol. The van der Waals surface area contributed by atoms with Gasteiger partial charge in [-0.3, -0.25) is 4.79 Å². The Morgan fingerprint density at radius 1 is 1.33 bits per heavy atom. The van der Waals surface area contributed by atoms with Crippen molar-refractivity contribution in [2.75, 3.05) is 0 Å². The van der Waals surface area contributed by atoms with Crippen LogP contribution in [0.4, 0.5) is 4.39 Å². The number of carbonyl (C=O) groups excluding carboxylic acids is 1. The van der Waals surface area contributed by atoms with Crippen LogP contribution in [0.3, 0.4) is 0 Å². The lowest BCUT2D eigenvalue weighted by atomic mass is 10.2. The monoisotopic (exact) mass is 288 g/mol. The lowest BCUT2D eigenvalue weighted by molar-refractivity contribution is 0.0937. The van der Waals surface area contributed by atoms with Crippen molar-refractivity contribution in [3.8, 4) is 5.69 Å². The highest BCUT2D eigenvalue weighted by Gasteiger charge is 2.34. The number of halogens is 1. The number of hydrogen-bond acceptors (Lipinski definition) is 3. The SMILES string of the molecule is CC(C)NC(=O)c1nnn(-c2ccc(F)cc2)c1C1CC1. The fraction of sp³-hybridized carbons (Fsp3) is 0.400. The molecule has 0 bridgehead atoms. The van der Waals surface area contributed by atoms with Crippen LogP contribution in [-0.2, 0) is 0 Å². The Bertz CT molecular complexity index is 659. The van der Waals surface area contributed by atoms with E-state index in [-0.39, 0.29) is 17.8 Å². The molecule has 1 amide bonds. The van der Waals surface area contributed by atoms with Gasteiger partial charge in [0.25, 0.3) is 5.91 Å². The number of nitrogens with one attached hydrogen (secondary N) is 1. The molecular formula is C15H17FN4O. The molecule has 0 saturated heterocycles. The maximum atomic E-state index is 13.0. The second-order valence-corrected chi connectivity index (χ2v) is 5.61. The predicted octanol–water partition coefficient (Wildman–Crippen LogP) is 2.42. The summed E-state index contributed by atoms with van der Waals surface area (Å²) >= 11 is 0. The van der Waals surface area contributed by atoms with E-state index >= 15 is 0 Å². The third-order valence-corrected chi connectivity index (χ3v) is 3.38. The first-order valence-electron chi connectivity index (χ1n) is 7.08. The summed E-state index contributed by atoms with van der Waals surface area (Å²) in [6.07, 6.45) is 2.05. The van der Waals surface area contributed by atoms with Crippen molar-refractivity contribution in [3.05, 3.63) is 41.5 Å². The van der Waals surface area contributed by atoms with Crippen molar-refractivity contribution in [2.24, 2.45) is 0 Å². The van der Waals surface area contributed by atoms with Gasteiger partial charge in [-0.2, -0.15) is 0 Å². The number of benzene rings is 1. The summed E-state index contributed by atoms with van der Waals surface area (Å²) in [7, 11) is 0. The summed E-state index contributed by atoms with van der Waals surface area (Å²) in [4.78, 5) is 12.2. The lowest BCUT2D eigenvalue weighted by Crippen LogP contribution is -2.31. The van der Waals surface area contributed by atoms with Crippen molar-refractivity contribution in [1.82, 2.24) is 20.3 Å². The molecule has 6 heteroatoms. The van der Waals surface area contributed by atoms with Crippen LogP contribution < -0.4 is 5.32 Å². The van der Waals surface area contributed by atoms with Gasteiger partial charge in [0.05, 0.1) is 11.4 Å². The third-order valence-electron chi connectivity index (χ3n) is 3.38. The van der Waals surface area contributed by atoms with E-state index in [1.807, 2.05) is 13.8 Å². The van der Waals surface area contributed by atoms with Crippen molar-refractivity contribution in [2.45, 2.75) is 38.6 Å². The molecule has 0 unspecified atom stereocenters. The first-order chi connectivity index (χ1) is 10.1. The smallest absolute Gasteiger partial charge is 0.273 e. The zero-order valence-corrected chi connectivity index (χ0v) is 12.0. The van der Waals surface area contributed by atoms with Crippen LogP contribution in [0.2, 0.25) is 0 Å². The molecule has 1 aliphatic carbocycles. The van der Waals surface area contributed by atoms with E-state index in [2.05, 4.69) is 15.6 Å². The van der Waals surface area contributed by atoms with Gasteiger partial charge in [0.15, 0.2) is 5.69 Å². The summed E-state index contributed by atoms with van der Waals surface area (Å²) in [5, 5.41) is 11.0. The minimum absolute atomic E-state index is 0.0422. The molecule has 0 atom stereocenters. The van der Waals surface area contributed by atoms with Gasteiger partial charge in [0, 0.05) is 12.0 Å². The van der Waals surface area contributed by atoms with Crippen molar-refractivity contribution >= 4 is 5.91 Å². The van der Waals surface area contributed by atoms with Gasteiger partial charge < -0.3 is 5.32 Å². The van der Waals surface area contributed by atoms with Crippen LogP contribution in [-0.4, -0.2) is 26.9 Å². The van der Waals surface area contributed by atoms with E-state index in [9.17, 15) is 9.18 Å². The number of aromatic nitrogens is 3. The van der Waals surface area contributed by atoms with Crippen molar-refractivity contribution in [3.63, 3.8) is 0 Å². The second-order valence-electron chi connectivity index (χ2n) is 5.61. The Hall–Kier alpha value is -2.24. The van der Waals surface area contributed by atoms with Crippen LogP contribution in [0.25, 0.3) is 5.69 Å². The second kappa shape index (κ2) is 5.27. The molecule has 5 nitrogen and oxygen atoms in total. The average molecular weight is 288 g/mol. The Balaban J connectivity index is 2.00. The molecule has 3 rings (SSSR count). The molecule has 1 aliphatic rings. The molecule has 1 aromatic carbocycles. The normalized spacial score (nSPS) is 14.5. The van der Waals surface area contributed by atoms with Gasteiger partial charge in [-0.25, -0.2) is 9.07 Å². The van der Waals surface area contributed by atoms with E-state index in [0.29, 0.717) is 11.6 Å². The van der Waals surface area contributed by atoms with E-state index in [1.54, 1.807) is 16.8 Å². The standard InChI is InChI=1S/C15H17FN4O/c1-9(2)17-15(21)13-14(10-3-4-10)20(19-18-13)12-7-5-11(16)6-8-12/h5-10H,3-4H2,1-2H3,(H,17,21). The van der Waals surface area contributed by atoms with Gasteiger partial charge in [-0.05, 0) is 51.0 Å². The average Bonchev–Trinajstić information content (AvgIpc) is 3.17. The van der Waals surface area contributed by atoms with Crippen LogP contribution in [0, 0.1) is 5.82 Å². The van der Waals surface area contributed by atoms with Crippen LogP contribution in [0.5, 0.6) is 0 Å². The quantitative estimate of drug-likeness (QED) is 0.940. The molecule has 1 fully saturated rings. The summed E-state index contributed by atoms with van der Waals surface area (Å²) in [6, 6.07) is 6.07. The molecule has 0 radical (unpaired) electrons. The first kappa shape index (κ1) is 13.7. The largest absolute Gasteiger partial charge is 0.348 e. The molecule has 1 heterocycles. The molecule has 21 heavy (non-hydrogen) atoms. The summed E-state index contributed by atoms with van der Waals surface area (Å²) < 4.78 is 14.7. The van der Waals surface area contributed by atoms with Gasteiger partial charge in [0.2, 0.25) is 0 Å². The summed E-state index contributed by atoms with van der Waals surface area (Å²) in [5.74, 6) is -0.206. The van der Waals surface area contributed by atoms with E-state index in [4.69, 9.17) is 0 Å². The van der Waals surface area contributed by atoms with E-state index in [1.165, 1.54) is 12.1 Å². The van der Waals surface area contributed by atoms with Crippen molar-refractivity contribution < 1.29 is 9.18 Å². The maximum absolute atomic E-state index is 13.0. The summed E-state index contributed by atoms with van der Waals surface area (Å²) in [6.45, 7) is 3.80. The number of carbonyl (C=O) groups is 1. The van der Waals surface area contributed by atoms with Crippen LogP contribution in [0.1, 0.15) is 48.8 Å². The highest BCUT2D eigenvalue weighted by atomic mass is 19.1. The Morgan fingerprint density at radius 2 is 2.00 bits per heavy atom. The maximum Gasteiger partial charge on any atom is 0.273 e. The third kappa shape index (κ3) is 2.79. The summed E-state index contributed by atoms with van der Waals surface area (Å²) in [5.41, 5.74) is 1.91. The molecule has 1 saturated carbocycles. The van der Waals surface area contributed by atoms with Crippen molar-refractivity contribution in [1.29, 1.82) is 0 Å². The molecule has 2 aromatic rings. The molecule has 0 spiro atoms. The highest BCUT2D eigenvalue weighted by Crippen LogP contribution is 2.41. The number of amides is 1. The zero-order chi connectivity index (χ0) is 15.0. The fourth-order valence-electron chi connectivity index (χ4n) is 2.28. The first-order valence-corrected chi connectivity index (χ1v) is 7.08. The number of nitrogens with zero attached hydrogens (tertiary/aromatic N) is 3. The Labute approximate surface area is 122 Å². The number of hydrogen-bond donors (Lipinski definition) is 1. The molecule has 0 aliphatic heterocycles. The minimum Gasteiger partial charge on any atom is -0.348 e. The predicted molar refractivity (Wildman–Crippen MR) is 75.9 cm³/mol. The Morgan fingerprint density at radius 3 is 2.57 bits per heavy atom. The lowest BCUT2D eigenvalue weighted by Gasteiger charge is -2.09. The Kier molecular flexibility index (Phi) is 3.45. The van der Waals surface area contributed by atoms with E-state index in [0.717, 1.165) is 24.2 Å². The topological polar surface area (TPSA) is 59.8 Å². The highest BCUT2D eigenvalue weighted by molar-refractivity contribution is 5.93. The zero-order valence-electron chi connectivity index (χ0n) is 12.0. The van der Waals surface area contributed by atoms with Crippen LogP contribution >= 0.6 is 0 Å². The van der Waals surface area contributed by atoms with Gasteiger partial charge in [-0.1, -0.05) is 5.21 Å². The van der Waals surface area contributed by atoms with E-state index < -0.39 is 0 Å².